The average molecular weight is 237 g/mol. The molecule has 0 spiro atoms. The number of nitrogens with zero attached hydrogens (tertiary/aromatic N) is 2. The number of ether oxygens (including phenoxy) is 1. The van der Waals surface area contributed by atoms with Gasteiger partial charge in [0.15, 0.2) is 0 Å². The molecule has 0 radical (unpaired) electrons. The van der Waals surface area contributed by atoms with Gasteiger partial charge in [-0.15, -0.1) is 0 Å². The molecule has 0 aliphatic heterocycles. The Bertz CT molecular complexity index is 364. The van der Waals surface area contributed by atoms with Crippen molar-refractivity contribution in [3.63, 3.8) is 0 Å². The van der Waals surface area contributed by atoms with Crippen LogP contribution >= 0.6 is 0 Å². The van der Waals surface area contributed by atoms with Crippen LogP contribution < -0.4 is 10.1 Å². The lowest BCUT2D eigenvalue weighted by Crippen LogP contribution is -2.09. The molecule has 0 amide bonds. The standard InChI is InChI=1S/C13H23N3O/c1-6-7-8-17-13-10(4)12(14-5)15-11(16-13)9(2)3/h9H,6-8H2,1-5H3,(H,14,15,16). The highest BCUT2D eigenvalue weighted by Crippen LogP contribution is 2.24. The van der Waals surface area contributed by atoms with Crippen LogP contribution in [0.2, 0.25) is 0 Å². The lowest BCUT2D eigenvalue weighted by Gasteiger charge is -2.14. The molecule has 0 fully saturated rings. The van der Waals surface area contributed by atoms with Crippen LogP contribution in [0.1, 0.15) is 50.9 Å². The third-order valence-electron chi connectivity index (χ3n) is 2.61. The van der Waals surface area contributed by atoms with E-state index in [1.165, 1.54) is 0 Å². The van der Waals surface area contributed by atoms with Crippen LogP contribution in [0.4, 0.5) is 5.82 Å². The molecule has 0 saturated carbocycles. The van der Waals surface area contributed by atoms with E-state index >= 15 is 0 Å². The van der Waals surface area contributed by atoms with E-state index in [1.807, 2.05) is 14.0 Å². The van der Waals surface area contributed by atoms with Gasteiger partial charge in [0.25, 0.3) is 0 Å². The van der Waals surface area contributed by atoms with E-state index in [2.05, 4.69) is 36.1 Å². The summed E-state index contributed by atoms with van der Waals surface area (Å²) in [4.78, 5) is 8.96. The fraction of sp³-hybridized carbons (Fsp3) is 0.692. The molecule has 96 valence electrons. The van der Waals surface area contributed by atoms with Crippen LogP contribution in [0.5, 0.6) is 5.88 Å². The van der Waals surface area contributed by atoms with Crippen LogP contribution in [-0.2, 0) is 0 Å². The van der Waals surface area contributed by atoms with Gasteiger partial charge in [0.2, 0.25) is 5.88 Å². The summed E-state index contributed by atoms with van der Waals surface area (Å²) in [5, 5.41) is 3.09. The van der Waals surface area contributed by atoms with Gasteiger partial charge in [0, 0.05) is 13.0 Å². The summed E-state index contributed by atoms with van der Waals surface area (Å²) in [5.74, 6) is 2.69. The van der Waals surface area contributed by atoms with Crippen molar-refractivity contribution in [1.29, 1.82) is 0 Å². The smallest absolute Gasteiger partial charge is 0.221 e. The summed E-state index contributed by atoms with van der Waals surface area (Å²) in [6.07, 6.45) is 2.18. The van der Waals surface area contributed by atoms with Gasteiger partial charge in [-0.1, -0.05) is 27.2 Å². The SMILES string of the molecule is CCCCOc1nc(C(C)C)nc(NC)c1C. The van der Waals surface area contributed by atoms with Crippen molar-refractivity contribution in [3.05, 3.63) is 11.4 Å². The third kappa shape index (κ3) is 3.58. The maximum atomic E-state index is 5.72. The van der Waals surface area contributed by atoms with Gasteiger partial charge < -0.3 is 10.1 Å². The predicted octanol–water partition coefficient (Wildman–Crippen LogP) is 3.13. The number of aromatic nitrogens is 2. The van der Waals surface area contributed by atoms with Crippen molar-refractivity contribution in [2.45, 2.75) is 46.5 Å². The van der Waals surface area contributed by atoms with Crippen molar-refractivity contribution >= 4 is 5.82 Å². The minimum Gasteiger partial charge on any atom is -0.477 e. The molecule has 4 nitrogen and oxygen atoms in total. The molecule has 4 heteroatoms. The summed E-state index contributed by atoms with van der Waals surface area (Å²) >= 11 is 0. The second kappa shape index (κ2) is 6.42. The van der Waals surface area contributed by atoms with Crippen molar-refractivity contribution in [2.24, 2.45) is 0 Å². The van der Waals surface area contributed by atoms with Gasteiger partial charge in [0.1, 0.15) is 11.6 Å². The Kier molecular flexibility index (Phi) is 5.19. The van der Waals surface area contributed by atoms with Gasteiger partial charge in [-0.05, 0) is 13.3 Å². The second-order valence-electron chi connectivity index (χ2n) is 4.47. The lowest BCUT2D eigenvalue weighted by molar-refractivity contribution is 0.294. The minimum atomic E-state index is 0.302. The van der Waals surface area contributed by atoms with Crippen molar-refractivity contribution in [2.75, 3.05) is 19.0 Å². The Morgan fingerprint density at radius 3 is 2.53 bits per heavy atom. The second-order valence-corrected chi connectivity index (χ2v) is 4.47. The topological polar surface area (TPSA) is 47.0 Å². The molecular weight excluding hydrogens is 214 g/mol. The molecular formula is C13H23N3O. The first-order chi connectivity index (χ1) is 8.10. The maximum absolute atomic E-state index is 5.72. The van der Waals surface area contributed by atoms with Gasteiger partial charge in [0.05, 0.1) is 12.2 Å². The summed E-state index contributed by atoms with van der Waals surface area (Å²) in [6, 6.07) is 0. The molecule has 0 saturated heterocycles. The van der Waals surface area contributed by atoms with Crippen LogP contribution in [0.25, 0.3) is 0 Å². The number of hydrogen-bond acceptors (Lipinski definition) is 4. The van der Waals surface area contributed by atoms with E-state index in [4.69, 9.17) is 4.74 Å². The molecule has 1 aromatic rings. The van der Waals surface area contributed by atoms with Gasteiger partial charge in [-0.25, -0.2) is 4.98 Å². The Labute approximate surface area is 104 Å². The summed E-state index contributed by atoms with van der Waals surface area (Å²) in [7, 11) is 1.87. The summed E-state index contributed by atoms with van der Waals surface area (Å²) in [5.41, 5.74) is 0.980. The van der Waals surface area contributed by atoms with Crippen LogP contribution in [-0.4, -0.2) is 23.6 Å². The highest BCUT2D eigenvalue weighted by molar-refractivity contribution is 5.48. The largest absolute Gasteiger partial charge is 0.477 e. The van der Waals surface area contributed by atoms with Crippen LogP contribution in [0, 0.1) is 6.92 Å². The quantitative estimate of drug-likeness (QED) is 0.772. The van der Waals surface area contributed by atoms with Crippen molar-refractivity contribution < 1.29 is 4.74 Å². The van der Waals surface area contributed by atoms with Gasteiger partial charge in [-0.3, -0.25) is 0 Å². The molecule has 1 rings (SSSR count). The van der Waals surface area contributed by atoms with Crippen LogP contribution in [0.3, 0.4) is 0 Å². The maximum Gasteiger partial charge on any atom is 0.221 e. The summed E-state index contributed by atoms with van der Waals surface area (Å²) < 4.78 is 5.72. The Morgan fingerprint density at radius 1 is 1.29 bits per heavy atom. The Morgan fingerprint density at radius 2 is 2.00 bits per heavy atom. The zero-order valence-electron chi connectivity index (χ0n) is 11.5. The number of nitrogens with one attached hydrogen (secondary N) is 1. The van der Waals surface area contributed by atoms with Crippen molar-refractivity contribution in [3.8, 4) is 5.88 Å². The third-order valence-corrected chi connectivity index (χ3v) is 2.61. The van der Waals surface area contributed by atoms with Crippen LogP contribution in [0.15, 0.2) is 0 Å². The minimum absolute atomic E-state index is 0.302. The van der Waals surface area contributed by atoms with Gasteiger partial charge >= 0.3 is 0 Å². The molecule has 0 bridgehead atoms. The number of hydrogen-bond donors (Lipinski definition) is 1. The van der Waals surface area contributed by atoms with E-state index in [0.29, 0.717) is 11.8 Å². The normalized spacial score (nSPS) is 10.7. The monoisotopic (exact) mass is 237 g/mol. The number of rotatable bonds is 6. The molecule has 1 aromatic heterocycles. The Balaban J connectivity index is 2.96. The molecule has 0 aliphatic rings. The molecule has 1 N–H and O–H groups in total. The summed E-state index contributed by atoms with van der Waals surface area (Å²) in [6.45, 7) is 9.01. The highest BCUT2D eigenvalue weighted by Gasteiger charge is 2.13. The molecule has 0 atom stereocenters. The van der Waals surface area contributed by atoms with E-state index in [0.717, 1.165) is 36.7 Å². The van der Waals surface area contributed by atoms with Crippen molar-refractivity contribution in [1.82, 2.24) is 9.97 Å². The lowest BCUT2D eigenvalue weighted by atomic mass is 10.2. The zero-order valence-corrected chi connectivity index (χ0v) is 11.5. The van der Waals surface area contributed by atoms with E-state index in [1.54, 1.807) is 0 Å². The molecule has 0 aliphatic carbocycles. The predicted molar refractivity (Wildman–Crippen MR) is 70.8 cm³/mol. The first-order valence-electron chi connectivity index (χ1n) is 6.29. The molecule has 1 heterocycles. The zero-order chi connectivity index (χ0) is 12.8. The number of unbranched alkanes of at least 4 members (excludes halogenated alkanes) is 1. The molecule has 17 heavy (non-hydrogen) atoms. The highest BCUT2D eigenvalue weighted by atomic mass is 16.5. The molecule has 0 unspecified atom stereocenters. The number of anilines is 1. The average Bonchev–Trinajstić information content (AvgIpc) is 2.31. The van der Waals surface area contributed by atoms with E-state index < -0.39 is 0 Å². The fourth-order valence-electron chi connectivity index (χ4n) is 1.47. The Hall–Kier alpha value is -1.32. The molecule has 0 aromatic carbocycles. The van der Waals surface area contributed by atoms with Gasteiger partial charge in [-0.2, -0.15) is 4.98 Å². The first-order valence-corrected chi connectivity index (χ1v) is 6.29. The fourth-order valence-corrected chi connectivity index (χ4v) is 1.47. The van der Waals surface area contributed by atoms with E-state index in [9.17, 15) is 0 Å². The first kappa shape index (κ1) is 13.7. The van der Waals surface area contributed by atoms with E-state index in [-0.39, 0.29) is 0 Å².